The smallest absolute Gasteiger partial charge is 0.251 e. The average Bonchev–Trinajstić information content (AvgIpc) is 3.35. The van der Waals surface area contributed by atoms with Gasteiger partial charge in [-0.3, -0.25) is 14.2 Å². The van der Waals surface area contributed by atoms with Crippen LogP contribution in [0.4, 0.5) is 10.1 Å². The number of aryl methyl sites for hydroxylation is 2. The zero-order valence-corrected chi connectivity index (χ0v) is 24.5. The summed E-state index contributed by atoms with van der Waals surface area (Å²) < 4.78 is 41.0. The predicted octanol–water partition coefficient (Wildman–Crippen LogP) is 3.93. The van der Waals surface area contributed by atoms with Crippen molar-refractivity contribution in [3.63, 3.8) is 0 Å². The molecule has 1 heterocycles. The van der Waals surface area contributed by atoms with Crippen molar-refractivity contribution < 1.29 is 22.4 Å². The molecular weight excluding hydrogens is 567 g/mol. The van der Waals surface area contributed by atoms with E-state index in [1.165, 1.54) is 50.5 Å². The number of halogens is 1. The third-order valence-electron chi connectivity index (χ3n) is 6.09. The topological polar surface area (TPSA) is 126 Å². The van der Waals surface area contributed by atoms with E-state index >= 15 is 0 Å². The Morgan fingerprint density at radius 2 is 1.66 bits per heavy atom. The molecular formula is C28H29FN6O4S2. The van der Waals surface area contributed by atoms with Crippen LogP contribution in [-0.2, 0) is 21.4 Å². The number of carbonyl (C=O) groups excluding carboxylic acids is 2. The van der Waals surface area contributed by atoms with Gasteiger partial charge in [-0.25, -0.2) is 17.1 Å². The van der Waals surface area contributed by atoms with Crippen LogP contribution in [-0.4, -0.2) is 59.2 Å². The number of hydrogen-bond acceptors (Lipinski definition) is 7. The van der Waals surface area contributed by atoms with Crippen molar-refractivity contribution in [3.8, 4) is 5.69 Å². The van der Waals surface area contributed by atoms with Crippen LogP contribution in [0.2, 0.25) is 0 Å². The molecule has 0 radical (unpaired) electrons. The van der Waals surface area contributed by atoms with Crippen molar-refractivity contribution in [2.75, 3.05) is 25.2 Å². The zero-order chi connectivity index (χ0) is 29.7. The standard InChI is InChI=1S/C28H29FN6O4S2/c1-18-5-6-19(2)24(15-18)31-26(36)17-40-28-33-32-25(35(28)22-11-9-21(29)10-12-22)16-30-27(37)20-7-13-23(14-8-20)41(38,39)34(3)4/h5-15H,16-17H2,1-4H3,(H,30,37)(H,31,36). The Morgan fingerprint density at radius 3 is 2.32 bits per heavy atom. The van der Waals surface area contributed by atoms with Crippen molar-refractivity contribution in [3.05, 3.63) is 95.1 Å². The molecule has 214 valence electrons. The van der Waals surface area contributed by atoms with Crippen molar-refractivity contribution >= 4 is 39.3 Å². The zero-order valence-electron chi connectivity index (χ0n) is 22.9. The van der Waals surface area contributed by atoms with E-state index in [1.54, 1.807) is 16.7 Å². The minimum atomic E-state index is -3.62. The number of aromatic nitrogens is 3. The molecule has 0 saturated heterocycles. The first-order chi connectivity index (χ1) is 19.5. The van der Waals surface area contributed by atoms with E-state index in [9.17, 15) is 22.4 Å². The van der Waals surface area contributed by atoms with Crippen molar-refractivity contribution in [1.29, 1.82) is 0 Å². The van der Waals surface area contributed by atoms with E-state index in [-0.39, 0.29) is 28.7 Å². The van der Waals surface area contributed by atoms with Gasteiger partial charge in [-0.1, -0.05) is 23.9 Å². The minimum absolute atomic E-state index is 0.0315. The molecule has 10 nitrogen and oxygen atoms in total. The molecule has 0 atom stereocenters. The van der Waals surface area contributed by atoms with Crippen LogP contribution in [0.3, 0.4) is 0 Å². The number of nitrogens with one attached hydrogen (secondary N) is 2. The molecule has 0 bridgehead atoms. The number of hydrogen-bond donors (Lipinski definition) is 2. The monoisotopic (exact) mass is 596 g/mol. The van der Waals surface area contributed by atoms with Gasteiger partial charge in [0.2, 0.25) is 15.9 Å². The van der Waals surface area contributed by atoms with Crippen LogP contribution in [0.5, 0.6) is 0 Å². The molecule has 0 aliphatic carbocycles. The third-order valence-corrected chi connectivity index (χ3v) is 8.85. The first-order valence-electron chi connectivity index (χ1n) is 12.5. The fraction of sp³-hybridized carbons (Fsp3) is 0.214. The molecule has 4 aromatic rings. The number of nitrogens with zero attached hydrogens (tertiary/aromatic N) is 4. The van der Waals surface area contributed by atoms with Crippen LogP contribution in [0.15, 0.2) is 76.8 Å². The lowest BCUT2D eigenvalue weighted by Gasteiger charge is -2.13. The van der Waals surface area contributed by atoms with Gasteiger partial charge in [0.1, 0.15) is 5.82 Å². The lowest BCUT2D eigenvalue weighted by molar-refractivity contribution is -0.113. The maximum absolute atomic E-state index is 13.6. The van der Waals surface area contributed by atoms with Gasteiger partial charge in [-0.15, -0.1) is 10.2 Å². The Morgan fingerprint density at radius 1 is 0.976 bits per heavy atom. The summed E-state index contributed by atoms with van der Waals surface area (Å²) in [5, 5.41) is 14.5. The summed E-state index contributed by atoms with van der Waals surface area (Å²) in [6, 6.07) is 17.1. The molecule has 0 fully saturated rings. The van der Waals surface area contributed by atoms with Gasteiger partial charge in [0.05, 0.1) is 17.2 Å². The summed E-state index contributed by atoms with van der Waals surface area (Å²) >= 11 is 1.15. The summed E-state index contributed by atoms with van der Waals surface area (Å²) in [5.41, 5.74) is 3.50. The van der Waals surface area contributed by atoms with Gasteiger partial charge in [-0.05, 0) is 79.6 Å². The van der Waals surface area contributed by atoms with Crippen molar-refractivity contribution in [1.82, 2.24) is 24.4 Å². The second-order valence-corrected chi connectivity index (χ2v) is 12.5. The van der Waals surface area contributed by atoms with Crippen LogP contribution in [0, 0.1) is 19.7 Å². The van der Waals surface area contributed by atoms with Gasteiger partial charge in [0, 0.05) is 31.0 Å². The van der Waals surface area contributed by atoms with Gasteiger partial charge in [-0.2, -0.15) is 0 Å². The Kier molecular flexibility index (Phi) is 9.21. The Hall–Kier alpha value is -4.07. The maximum atomic E-state index is 13.6. The van der Waals surface area contributed by atoms with E-state index in [0.29, 0.717) is 16.7 Å². The highest BCUT2D eigenvalue weighted by Gasteiger charge is 2.19. The summed E-state index contributed by atoms with van der Waals surface area (Å²) in [4.78, 5) is 25.6. The lowest BCUT2D eigenvalue weighted by atomic mass is 10.1. The number of sulfonamides is 1. The Bertz CT molecular complexity index is 1670. The Labute approximate surface area is 242 Å². The molecule has 41 heavy (non-hydrogen) atoms. The molecule has 13 heteroatoms. The van der Waals surface area contributed by atoms with Crippen molar-refractivity contribution in [2.45, 2.75) is 30.4 Å². The number of thioether (sulfide) groups is 1. The molecule has 3 aromatic carbocycles. The number of amides is 2. The average molecular weight is 597 g/mol. The minimum Gasteiger partial charge on any atom is -0.345 e. The molecule has 0 saturated carbocycles. The van der Waals surface area contributed by atoms with E-state index in [2.05, 4.69) is 20.8 Å². The molecule has 1 aromatic heterocycles. The van der Waals surface area contributed by atoms with Crippen LogP contribution >= 0.6 is 11.8 Å². The maximum Gasteiger partial charge on any atom is 0.251 e. The fourth-order valence-electron chi connectivity index (χ4n) is 3.80. The normalized spacial score (nSPS) is 11.5. The first kappa shape index (κ1) is 29.9. The molecule has 0 aliphatic heterocycles. The summed E-state index contributed by atoms with van der Waals surface area (Å²) in [6.07, 6.45) is 0. The van der Waals surface area contributed by atoms with Crippen LogP contribution < -0.4 is 10.6 Å². The summed E-state index contributed by atoms with van der Waals surface area (Å²) in [5.74, 6) is -0.699. The molecule has 4 rings (SSSR count). The molecule has 0 unspecified atom stereocenters. The second kappa shape index (κ2) is 12.6. The number of benzene rings is 3. The number of rotatable bonds is 10. The second-order valence-electron chi connectivity index (χ2n) is 9.36. The van der Waals surface area contributed by atoms with E-state index in [1.807, 2.05) is 32.0 Å². The molecule has 0 aliphatic rings. The van der Waals surface area contributed by atoms with Gasteiger partial charge >= 0.3 is 0 Å². The SMILES string of the molecule is Cc1ccc(C)c(NC(=O)CSc2nnc(CNC(=O)c3ccc(S(=O)(=O)N(C)C)cc3)n2-c2ccc(F)cc2)c1. The van der Waals surface area contributed by atoms with Gasteiger partial charge < -0.3 is 10.6 Å². The highest BCUT2D eigenvalue weighted by molar-refractivity contribution is 7.99. The lowest BCUT2D eigenvalue weighted by Crippen LogP contribution is -2.25. The highest BCUT2D eigenvalue weighted by Crippen LogP contribution is 2.24. The van der Waals surface area contributed by atoms with E-state index in [0.717, 1.165) is 32.9 Å². The quantitative estimate of drug-likeness (QED) is 0.266. The van der Waals surface area contributed by atoms with E-state index < -0.39 is 21.7 Å². The largest absolute Gasteiger partial charge is 0.345 e. The third kappa shape index (κ3) is 7.17. The fourth-order valence-corrected chi connectivity index (χ4v) is 5.47. The summed E-state index contributed by atoms with van der Waals surface area (Å²) in [6.45, 7) is 3.82. The van der Waals surface area contributed by atoms with Gasteiger partial charge in [0.25, 0.3) is 5.91 Å². The van der Waals surface area contributed by atoms with Crippen LogP contribution in [0.1, 0.15) is 27.3 Å². The van der Waals surface area contributed by atoms with Crippen LogP contribution in [0.25, 0.3) is 5.69 Å². The molecule has 0 spiro atoms. The number of carbonyl (C=O) groups is 2. The summed E-state index contributed by atoms with van der Waals surface area (Å²) in [7, 11) is -0.767. The van der Waals surface area contributed by atoms with Crippen molar-refractivity contribution in [2.24, 2.45) is 0 Å². The Balaban J connectivity index is 1.49. The predicted molar refractivity (Wildman–Crippen MR) is 155 cm³/mol. The van der Waals surface area contributed by atoms with Gasteiger partial charge in [0.15, 0.2) is 11.0 Å². The molecule has 2 N–H and O–H groups in total. The highest BCUT2D eigenvalue weighted by atomic mass is 32.2. The molecule has 2 amide bonds. The van der Waals surface area contributed by atoms with E-state index in [4.69, 9.17) is 0 Å². The number of anilines is 1. The first-order valence-corrected chi connectivity index (χ1v) is 14.9.